The molecule has 1 spiro atoms. The molecule has 3 aliphatic rings. The van der Waals surface area contributed by atoms with Crippen molar-refractivity contribution in [2.75, 3.05) is 26.2 Å². The third-order valence-electron chi connectivity index (χ3n) is 6.56. The quantitative estimate of drug-likeness (QED) is 0.734. The summed E-state index contributed by atoms with van der Waals surface area (Å²) in [7, 11) is 0. The second kappa shape index (κ2) is 7.76. The number of carbonyl (C=O) groups excluding carboxylic acids is 1. The van der Waals surface area contributed by atoms with Crippen LogP contribution in [0.15, 0.2) is 35.9 Å². The van der Waals surface area contributed by atoms with Crippen LogP contribution in [0, 0.1) is 11.3 Å². The van der Waals surface area contributed by atoms with Crippen LogP contribution < -0.4 is 10.6 Å². The first-order chi connectivity index (χ1) is 13.1. The lowest BCUT2D eigenvalue weighted by molar-refractivity contribution is -0.119. The van der Waals surface area contributed by atoms with Gasteiger partial charge >= 0.3 is 0 Å². The molecule has 0 unspecified atom stereocenters. The fraction of sp³-hybridized carbons (Fsp3) is 0.609. The number of rotatable bonds is 8. The third-order valence-corrected chi connectivity index (χ3v) is 6.56. The monoisotopic (exact) mass is 371 g/mol. The van der Waals surface area contributed by atoms with Gasteiger partial charge in [0.1, 0.15) is 0 Å². The molecule has 1 saturated heterocycles. The molecule has 0 bridgehead atoms. The van der Waals surface area contributed by atoms with Gasteiger partial charge in [0.15, 0.2) is 0 Å². The SMILES string of the molecule is CC/C(=C\c1ccccc1)[C@@H]1C[C@H]1NC1CC2(C1)CN(CCNC(C)=O)C2.[HH].[HH]. The molecule has 2 saturated carbocycles. The third kappa shape index (κ3) is 4.44. The normalized spacial score (nSPS) is 27.1. The van der Waals surface area contributed by atoms with Crippen LogP contribution in [0.3, 0.4) is 0 Å². The molecule has 2 N–H and O–H groups in total. The van der Waals surface area contributed by atoms with Gasteiger partial charge in [-0.1, -0.05) is 48.9 Å². The molecule has 1 aromatic carbocycles. The average Bonchev–Trinajstić information content (AvgIpc) is 3.35. The van der Waals surface area contributed by atoms with E-state index in [1.807, 2.05) is 0 Å². The zero-order chi connectivity index (χ0) is 18.9. The van der Waals surface area contributed by atoms with Gasteiger partial charge in [0.2, 0.25) is 5.91 Å². The Morgan fingerprint density at radius 3 is 2.70 bits per heavy atom. The van der Waals surface area contributed by atoms with E-state index in [2.05, 4.69) is 58.9 Å². The Bertz CT molecular complexity index is 695. The molecular weight excluding hydrogens is 334 g/mol. The summed E-state index contributed by atoms with van der Waals surface area (Å²) in [5.74, 6) is 0.812. The smallest absolute Gasteiger partial charge is 0.216 e. The van der Waals surface area contributed by atoms with E-state index < -0.39 is 0 Å². The summed E-state index contributed by atoms with van der Waals surface area (Å²) >= 11 is 0. The first-order valence-electron chi connectivity index (χ1n) is 10.6. The van der Waals surface area contributed by atoms with E-state index in [0.717, 1.165) is 25.4 Å². The Hall–Kier alpha value is -1.65. The Labute approximate surface area is 166 Å². The van der Waals surface area contributed by atoms with Crippen molar-refractivity contribution in [3.8, 4) is 0 Å². The first-order valence-corrected chi connectivity index (χ1v) is 10.6. The maximum absolute atomic E-state index is 10.9. The number of amides is 1. The number of carbonyl (C=O) groups is 1. The second-order valence-electron chi connectivity index (χ2n) is 8.90. The molecule has 1 heterocycles. The van der Waals surface area contributed by atoms with Crippen molar-refractivity contribution in [2.45, 2.75) is 51.6 Å². The van der Waals surface area contributed by atoms with Gasteiger partial charge in [-0.3, -0.25) is 4.79 Å². The molecule has 2 atom stereocenters. The molecule has 1 aromatic rings. The summed E-state index contributed by atoms with van der Waals surface area (Å²) in [4.78, 5) is 13.4. The molecule has 4 heteroatoms. The van der Waals surface area contributed by atoms with E-state index in [1.54, 1.807) is 12.5 Å². The minimum Gasteiger partial charge on any atom is -0.355 e. The summed E-state index contributed by atoms with van der Waals surface area (Å²) in [6.07, 6.45) is 7.51. The van der Waals surface area contributed by atoms with E-state index >= 15 is 0 Å². The Morgan fingerprint density at radius 1 is 1.30 bits per heavy atom. The number of hydrogen-bond acceptors (Lipinski definition) is 3. The summed E-state index contributed by atoms with van der Waals surface area (Å²) < 4.78 is 0. The van der Waals surface area contributed by atoms with Crippen LogP contribution in [0.25, 0.3) is 6.08 Å². The van der Waals surface area contributed by atoms with Gasteiger partial charge in [-0.25, -0.2) is 0 Å². The van der Waals surface area contributed by atoms with Crippen LogP contribution in [-0.4, -0.2) is 49.1 Å². The number of hydrogen-bond donors (Lipinski definition) is 2. The zero-order valence-electron chi connectivity index (χ0n) is 16.7. The topological polar surface area (TPSA) is 44.4 Å². The number of likely N-dealkylation sites (tertiary alicyclic amines) is 1. The molecule has 1 amide bonds. The largest absolute Gasteiger partial charge is 0.355 e. The molecule has 0 aromatic heterocycles. The van der Waals surface area contributed by atoms with Crippen molar-refractivity contribution in [3.05, 3.63) is 41.5 Å². The Morgan fingerprint density at radius 2 is 2.04 bits per heavy atom. The lowest BCUT2D eigenvalue weighted by atomic mass is 9.60. The van der Waals surface area contributed by atoms with Gasteiger partial charge in [0.05, 0.1) is 0 Å². The van der Waals surface area contributed by atoms with E-state index in [1.165, 1.54) is 37.9 Å². The Balaban J connectivity index is 0.00000150. The van der Waals surface area contributed by atoms with Crippen molar-refractivity contribution in [3.63, 3.8) is 0 Å². The molecule has 150 valence electrons. The maximum atomic E-state index is 10.9. The number of nitrogens with zero attached hydrogens (tertiary/aromatic N) is 1. The minimum atomic E-state index is 0. The summed E-state index contributed by atoms with van der Waals surface area (Å²) in [6, 6.07) is 12.1. The van der Waals surface area contributed by atoms with Gasteiger partial charge in [-0.2, -0.15) is 0 Å². The fourth-order valence-electron chi connectivity index (χ4n) is 5.14. The van der Waals surface area contributed by atoms with Crippen molar-refractivity contribution in [1.82, 2.24) is 15.5 Å². The summed E-state index contributed by atoms with van der Waals surface area (Å²) in [5, 5.41) is 6.81. The number of nitrogens with one attached hydrogen (secondary N) is 2. The van der Waals surface area contributed by atoms with Crippen LogP contribution in [-0.2, 0) is 4.79 Å². The Kier molecular flexibility index (Phi) is 5.38. The van der Waals surface area contributed by atoms with Gasteiger partial charge in [-0.05, 0) is 42.6 Å². The maximum Gasteiger partial charge on any atom is 0.216 e. The predicted octanol–water partition coefficient (Wildman–Crippen LogP) is 3.55. The first kappa shape index (κ1) is 18.7. The summed E-state index contributed by atoms with van der Waals surface area (Å²) in [6.45, 7) is 8.08. The van der Waals surface area contributed by atoms with Crippen molar-refractivity contribution >= 4 is 12.0 Å². The highest BCUT2D eigenvalue weighted by Crippen LogP contribution is 2.50. The van der Waals surface area contributed by atoms with Crippen molar-refractivity contribution in [2.24, 2.45) is 11.3 Å². The molecule has 1 aliphatic heterocycles. The van der Waals surface area contributed by atoms with Crippen LogP contribution in [0.4, 0.5) is 0 Å². The molecule has 4 nitrogen and oxygen atoms in total. The van der Waals surface area contributed by atoms with Crippen LogP contribution in [0.5, 0.6) is 0 Å². The van der Waals surface area contributed by atoms with Crippen LogP contribution >= 0.6 is 0 Å². The number of benzene rings is 1. The minimum absolute atomic E-state index is 0. The van der Waals surface area contributed by atoms with Gasteiger partial charge in [-0.15, -0.1) is 0 Å². The van der Waals surface area contributed by atoms with Crippen LogP contribution in [0.2, 0.25) is 0 Å². The van der Waals surface area contributed by atoms with E-state index in [9.17, 15) is 4.79 Å². The molecule has 0 radical (unpaired) electrons. The predicted molar refractivity (Wildman–Crippen MR) is 115 cm³/mol. The van der Waals surface area contributed by atoms with Gasteiger partial charge in [0, 0.05) is 48.0 Å². The molecule has 27 heavy (non-hydrogen) atoms. The molecule has 2 aliphatic carbocycles. The van der Waals surface area contributed by atoms with E-state index in [-0.39, 0.29) is 8.76 Å². The van der Waals surface area contributed by atoms with Crippen LogP contribution in [0.1, 0.15) is 47.9 Å². The molecular formula is C23H37N3O. The lowest BCUT2D eigenvalue weighted by Gasteiger charge is -2.59. The highest BCUT2D eigenvalue weighted by molar-refractivity contribution is 5.72. The zero-order valence-corrected chi connectivity index (χ0v) is 16.7. The molecule has 3 fully saturated rings. The van der Waals surface area contributed by atoms with Crippen molar-refractivity contribution < 1.29 is 7.65 Å². The van der Waals surface area contributed by atoms with Gasteiger partial charge in [0.25, 0.3) is 0 Å². The highest BCUT2D eigenvalue weighted by atomic mass is 16.1. The average molecular weight is 372 g/mol. The van der Waals surface area contributed by atoms with E-state index in [0.29, 0.717) is 17.5 Å². The summed E-state index contributed by atoms with van der Waals surface area (Å²) in [5.41, 5.74) is 3.50. The van der Waals surface area contributed by atoms with Crippen molar-refractivity contribution in [1.29, 1.82) is 0 Å². The van der Waals surface area contributed by atoms with Gasteiger partial charge < -0.3 is 15.5 Å². The lowest BCUT2D eigenvalue weighted by Crippen LogP contribution is -2.66. The fourth-order valence-corrected chi connectivity index (χ4v) is 5.14. The highest BCUT2D eigenvalue weighted by Gasteiger charge is 2.53. The standard InChI is InChI=1S/C23H33N3O.2H2/c1-3-19(11-18-7-5-4-6-8-18)21-12-22(21)25-20-13-23(14-20)15-26(16-23)10-9-24-17(2)27;;/h4-8,11,20-22,25H,3,9-10,12-16H2,1-2H3,(H,24,27);2*1H/b19-11+;;/t21-,22+;;/m0../s1. The second-order valence-corrected chi connectivity index (χ2v) is 8.90. The van der Waals surface area contributed by atoms with E-state index in [4.69, 9.17) is 0 Å². The molecule has 4 rings (SSSR count).